The second-order valence-corrected chi connectivity index (χ2v) is 5.45. The molecular formula is C12H15BrFNO3. The molecule has 0 atom stereocenters. The van der Waals surface area contributed by atoms with E-state index < -0.39 is 17.5 Å². The number of nitrogens with one attached hydrogen (secondary N) is 1. The number of benzene rings is 1. The minimum atomic E-state index is -0.664. The number of ether oxygens (including phenoxy) is 2. The summed E-state index contributed by atoms with van der Waals surface area (Å²) in [5.74, 6) is -0.156. The highest BCUT2D eigenvalue weighted by atomic mass is 79.9. The first-order valence-corrected chi connectivity index (χ1v) is 6.05. The van der Waals surface area contributed by atoms with Crippen LogP contribution in [0.5, 0.6) is 5.75 Å². The molecule has 100 valence electrons. The highest BCUT2D eigenvalue weighted by Gasteiger charge is 2.18. The highest BCUT2D eigenvalue weighted by molar-refractivity contribution is 9.10. The Morgan fingerprint density at radius 3 is 2.50 bits per heavy atom. The van der Waals surface area contributed by atoms with Crippen LogP contribution in [0.1, 0.15) is 20.8 Å². The Morgan fingerprint density at radius 2 is 2.00 bits per heavy atom. The molecule has 0 heterocycles. The molecule has 1 amide bonds. The molecule has 18 heavy (non-hydrogen) atoms. The van der Waals surface area contributed by atoms with E-state index in [-0.39, 0.29) is 10.2 Å². The third-order valence-electron chi connectivity index (χ3n) is 1.88. The van der Waals surface area contributed by atoms with Crippen LogP contribution in [0.25, 0.3) is 0 Å². The average Bonchev–Trinajstić information content (AvgIpc) is 2.20. The molecule has 0 aromatic heterocycles. The van der Waals surface area contributed by atoms with E-state index in [1.54, 1.807) is 20.8 Å². The lowest BCUT2D eigenvalue weighted by molar-refractivity contribution is 0.0635. The van der Waals surface area contributed by atoms with E-state index >= 15 is 0 Å². The highest BCUT2D eigenvalue weighted by Crippen LogP contribution is 2.30. The molecule has 1 aromatic rings. The second-order valence-electron chi connectivity index (χ2n) is 4.59. The maximum Gasteiger partial charge on any atom is 0.412 e. The van der Waals surface area contributed by atoms with Crippen molar-refractivity contribution in [3.8, 4) is 5.75 Å². The summed E-state index contributed by atoms with van der Waals surface area (Å²) in [5, 5.41) is 2.44. The summed E-state index contributed by atoms with van der Waals surface area (Å²) < 4.78 is 23.8. The number of methoxy groups -OCH3 is 1. The van der Waals surface area contributed by atoms with Crippen molar-refractivity contribution in [3.05, 3.63) is 22.4 Å². The summed E-state index contributed by atoms with van der Waals surface area (Å²) in [5.41, 5.74) is -0.405. The number of halogens is 2. The van der Waals surface area contributed by atoms with Crippen LogP contribution in [-0.4, -0.2) is 18.8 Å². The van der Waals surface area contributed by atoms with Gasteiger partial charge in [-0.25, -0.2) is 9.18 Å². The van der Waals surface area contributed by atoms with Crippen LogP contribution in [0, 0.1) is 5.82 Å². The van der Waals surface area contributed by atoms with E-state index in [9.17, 15) is 9.18 Å². The van der Waals surface area contributed by atoms with Gasteiger partial charge in [-0.1, -0.05) is 0 Å². The Kier molecular flexibility index (Phi) is 4.56. The van der Waals surface area contributed by atoms with Crippen molar-refractivity contribution in [2.75, 3.05) is 12.4 Å². The molecule has 0 saturated heterocycles. The van der Waals surface area contributed by atoms with Crippen LogP contribution in [0.3, 0.4) is 0 Å². The topological polar surface area (TPSA) is 47.6 Å². The first-order chi connectivity index (χ1) is 8.23. The first-order valence-electron chi connectivity index (χ1n) is 5.26. The third kappa shape index (κ3) is 4.18. The van der Waals surface area contributed by atoms with Gasteiger partial charge in [-0.15, -0.1) is 0 Å². The SMILES string of the molecule is COc1cc(Br)c(F)cc1NC(=O)OC(C)(C)C. The molecular weight excluding hydrogens is 305 g/mol. The molecule has 1 N–H and O–H groups in total. The monoisotopic (exact) mass is 319 g/mol. The quantitative estimate of drug-likeness (QED) is 0.898. The van der Waals surface area contributed by atoms with E-state index in [1.165, 1.54) is 13.2 Å². The van der Waals surface area contributed by atoms with Gasteiger partial charge in [-0.3, -0.25) is 5.32 Å². The van der Waals surface area contributed by atoms with Gasteiger partial charge in [0.05, 0.1) is 17.3 Å². The standard InChI is InChI=1S/C12H15BrFNO3/c1-12(2,3)18-11(16)15-9-6-8(14)7(13)5-10(9)17-4/h5-6H,1-4H3,(H,15,16). The normalized spacial score (nSPS) is 11.0. The zero-order valence-corrected chi connectivity index (χ0v) is 12.2. The predicted octanol–water partition coefficient (Wildman–Crippen LogP) is 3.94. The molecule has 0 aliphatic heterocycles. The lowest BCUT2D eigenvalue weighted by Gasteiger charge is -2.20. The van der Waals surface area contributed by atoms with Crippen LogP contribution in [0.15, 0.2) is 16.6 Å². The molecule has 0 radical (unpaired) electrons. The fraction of sp³-hybridized carbons (Fsp3) is 0.417. The number of amides is 1. The van der Waals surface area contributed by atoms with Crippen molar-refractivity contribution in [2.24, 2.45) is 0 Å². The Labute approximate surface area is 114 Å². The molecule has 4 nitrogen and oxygen atoms in total. The lowest BCUT2D eigenvalue weighted by atomic mass is 10.2. The van der Waals surface area contributed by atoms with Crippen molar-refractivity contribution in [2.45, 2.75) is 26.4 Å². The number of hydrogen-bond donors (Lipinski definition) is 1. The molecule has 0 aliphatic rings. The molecule has 6 heteroatoms. The number of anilines is 1. The van der Waals surface area contributed by atoms with E-state index in [0.717, 1.165) is 6.07 Å². The van der Waals surface area contributed by atoms with Gasteiger partial charge in [0.1, 0.15) is 17.2 Å². The fourth-order valence-electron chi connectivity index (χ4n) is 1.21. The van der Waals surface area contributed by atoms with Gasteiger partial charge in [0.25, 0.3) is 0 Å². The summed E-state index contributed by atoms with van der Waals surface area (Å²) in [6.45, 7) is 5.23. The maximum atomic E-state index is 13.4. The largest absolute Gasteiger partial charge is 0.495 e. The average molecular weight is 320 g/mol. The molecule has 0 saturated carbocycles. The Bertz CT molecular complexity index is 457. The van der Waals surface area contributed by atoms with Crippen LogP contribution < -0.4 is 10.1 Å². The van der Waals surface area contributed by atoms with Gasteiger partial charge in [-0.05, 0) is 42.8 Å². The van der Waals surface area contributed by atoms with Gasteiger partial charge in [0.15, 0.2) is 0 Å². The van der Waals surface area contributed by atoms with Crippen molar-refractivity contribution in [3.63, 3.8) is 0 Å². The summed E-state index contributed by atoms with van der Waals surface area (Å²) in [7, 11) is 1.43. The van der Waals surface area contributed by atoms with Gasteiger partial charge in [0.2, 0.25) is 0 Å². The van der Waals surface area contributed by atoms with Crippen LogP contribution in [0.2, 0.25) is 0 Å². The molecule has 0 bridgehead atoms. The number of rotatable bonds is 2. The van der Waals surface area contributed by atoms with Crippen molar-refractivity contribution in [1.29, 1.82) is 0 Å². The van der Waals surface area contributed by atoms with Gasteiger partial charge >= 0.3 is 6.09 Å². The van der Waals surface area contributed by atoms with Crippen LogP contribution in [-0.2, 0) is 4.74 Å². The van der Waals surface area contributed by atoms with E-state index in [2.05, 4.69) is 21.2 Å². The Balaban J connectivity index is 2.90. The lowest BCUT2D eigenvalue weighted by Crippen LogP contribution is -2.27. The van der Waals surface area contributed by atoms with Gasteiger partial charge in [0, 0.05) is 6.07 Å². The van der Waals surface area contributed by atoms with Crippen molar-refractivity contribution >= 4 is 27.7 Å². The van der Waals surface area contributed by atoms with Crippen LogP contribution >= 0.6 is 15.9 Å². The first kappa shape index (κ1) is 14.8. The summed E-state index contributed by atoms with van der Waals surface area (Å²) >= 11 is 3.04. The smallest absolute Gasteiger partial charge is 0.412 e. The number of carbonyl (C=O) groups is 1. The van der Waals surface area contributed by atoms with Gasteiger partial charge in [-0.2, -0.15) is 0 Å². The summed E-state index contributed by atoms with van der Waals surface area (Å²) in [6, 6.07) is 2.59. The number of carbonyl (C=O) groups excluding carboxylic acids is 1. The van der Waals surface area contributed by atoms with Crippen molar-refractivity contribution in [1.82, 2.24) is 0 Å². The summed E-state index contributed by atoms with van der Waals surface area (Å²) in [6.07, 6.45) is -0.664. The van der Waals surface area contributed by atoms with E-state index in [4.69, 9.17) is 9.47 Å². The molecule has 1 rings (SSSR count). The molecule has 0 unspecified atom stereocenters. The van der Waals surface area contributed by atoms with Crippen molar-refractivity contribution < 1.29 is 18.7 Å². The molecule has 0 fully saturated rings. The Hall–Kier alpha value is -1.30. The summed E-state index contributed by atoms with van der Waals surface area (Å²) in [4.78, 5) is 11.6. The zero-order valence-electron chi connectivity index (χ0n) is 10.6. The predicted molar refractivity (Wildman–Crippen MR) is 70.5 cm³/mol. The second kappa shape index (κ2) is 5.56. The van der Waals surface area contributed by atoms with Crippen LogP contribution in [0.4, 0.5) is 14.9 Å². The Morgan fingerprint density at radius 1 is 1.39 bits per heavy atom. The zero-order chi connectivity index (χ0) is 13.9. The minimum Gasteiger partial charge on any atom is -0.495 e. The molecule has 0 spiro atoms. The molecule has 1 aromatic carbocycles. The minimum absolute atomic E-state index is 0.215. The fourth-order valence-corrected chi connectivity index (χ4v) is 1.53. The van der Waals surface area contributed by atoms with E-state index in [1.807, 2.05) is 0 Å². The maximum absolute atomic E-state index is 13.4. The van der Waals surface area contributed by atoms with E-state index in [0.29, 0.717) is 5.75 Å². The van der Waals surface area contributed by atoms with Gasteiger partial charge < -0.3 is 9.47 Å². The molecule has 0 aliphatic carbocycles. The third-order valence-corrected chi connectivity index (χ3v) is 2.49. The number of hydrogen-bond acceptors (Lipinski definition) is 3.